The molecule has 0 saturated heterocycles. The quantitative estimate of drug-likeness (QED) is 0.802. The van der Waals surface area contributed by atoms with Gasteiger partial charge in [0, 0.05) is 11.5 Å². The summed E-state index contributed by atoms with van der Waals surface area (Å²) in [4.78, 5) is 12.0. The van der Waals surface area contributed by atoms with E-state index in [0.29, 0.717) is 11.7 Å². The number of hydrogen-bond acceptors (Lipinski definition) is 5. The predicted octanol–water partition coefficient (Wildman–Crippen LogP) is 3.35. The Kier molecular flexibility index (Phi) is 3.93. The van der Waals surface area contributed by atoms with Gasteiger partial charge in [0.05, 0.1) is 18.5 Å². The van der Waals surface area contributed by atoms with Gasteiger partial charge in [-0.05, 0) is 36.8 Å². The first kappa shape index (κ1) is 14.3. The summed E-state index contributed by atoms with van der Waals surface area (Å²) in [6.07, 6.45) is 0. The third kappa shape index (κ3) is 2.73. The van der Waals surface area contributed by atoms with Crippen LogP contribution in [0.3, 0.4) is 0 Å². The summed E-state index contributed by atoms with van der Waals surface area (Å²) in [5.74, 6) is 1.17. The van der Waals surface area contributed by atoms with Crippen molar-refractivity contribution < 1.29 is 4.74 Å². The minimum absolute atomic E-state index is 0.136. The Bertz CT molecular complexity index is 854. The number of ether oxygens (including phenoxy) is 1. The normalized spacial score (nSPS) is 10.5. The van der Waals surface area contributed by atoms with Crippen LogP contribution >= 0.6 is 11.5 Å². The van der Waals surface area contributed by atoms with Gasteiger partial charge in [-0.3, -0.25) is 4.79 Å². The summed E-state index contributed by atoms with van der Waals surface area (Å²) in [5, 5.41) is 3.17. The van der Waals surface area contributed by atoms with Crippen molar-refractivity contribution in [2.24, 2.45) is 0 Å². The fraction of sp³-hybridized carbons (Fsp3) is 0.125. The summed E-state index contributed by atoms with van der Waals surface area (Å²) >= 11 is 0.919. The fourth-order valence-electron chi connectivity index (χ4n) is 2.19. The highest BCUT2D eigenvalue weighted by Crippen LogP contribution is 2.27. The maximum Gasteiger partial charge on any atom is 0.332 e. The molecule has 0 spiro atoms. The molecule has 6 heteroatoms. The number of para-hydroxylation sites is 2. The lowest BCUT2D eigenvalue weighted by molar-refractivity contribution is 0.417. The Morgan fingerprint density at radius 3 is 2.77 bits per heavy atom. The Labute approximate surface area is 132 Å². The molecule has 1 N–H and O–H groups in total. The highest BCUT2D eigenvalue weighted by molar-refractivity contribution is 7.03. The first-order valence-corrected chi connectivity index (χ1v) is 7.52. The average molecular weight is 313 g/mol. The molecule has 3 aromatic rings. The maximum atomic E-state index is 12.1. The van der Waals surface area contributed by atoms with Crippen molar-refractivity contribution in [1.29, 1.82) is 0 Å². The van der Waals surface area contributed by atoms with Crippen molar-refractivity contribution in [1.82, 2.24) is 8.94 Å². The van der Waals surface area contributed by atoms with Gasteiger partial charge >= 0.3 is 4.87 Å². The van der Waals surface area contributed by atoms with Gasteiger partial charge in [-0.15, -0.1) is 0 Å². The number of anilines is 2. The minimum Gasteiger partial charge on any atom is -0.495 e. The van der Waals surface area contributed by atoms with Crippen LogP contribution in [-0.4, -0.2) is 16.1 Å². The third-order valence-electron chi connectivity index (χ3n) is 3.22. The second kappa shape index (κ2) is 6.03. The van der Waals surface area contributed by atoms with E-state index in [2.05, 4.69) is 9.69 Å². The van der Waals surface area contributed by atoms with E-state index in [4.69, 9.17) is 4.74 Å². The maximum absolute atomic E-state index is 12.1. The molecule has 2 aromatic carbocycles. The van der Waals surface area contributed by atoms with Crippen LogP contribution in [0.25, 0.3) is 5.69 Å². The van der Waals surface area contributed by atoms with Crippen molar-refractivity contribution >= 4 is 23.2 Å². The smallest absolute Gasteiger partial charge is 0.332 e. The summed E-state index contributed by atoms with van der Waals surface area (Å²) in [6.45, 7) is 1.99. The van der Waals surface area contributed by atoms with Crippen molar-refractivity contribution in [2.75, 3.05) is 12.4 Å². The lowest BCUT2D eigenvalue weighted by atomic mass is 10.2. The summed E-state index contributed by atoms with van der Waals surface area (Å²) in [6, 6.07) is 15.3. The molecule has 0 bridgehead atoms. The lowest BCUT2D eigenvalue weighted by Gasteiger charge is -2.11. The number of rotatable bonds is 4. The van der Waals surface area contributed by atoms with E-state index >= 15 is 0 Å². The van der Waals surface area contributed by atoms with Gasteiger partial charge in [0.2, 0.25) is 5.95 Å². The number of methoxy groups -OCH3 is 1. The first-order valence-electron chi connectivity index (χ1n) is 6.75. The van der Waals surface area contributed by atoms with Crippen molar-refractivity contribution in [3.05, 3.63) is 63.8 Å². The number of hydrogen-bond donors (Lipinski definition) is 1. The zero-order chi connectivity index (χ0) is 15.5. The van der Waals surface area contributed by atoms with Crippen LogP contribution in [0.15, 0.2) is 53.3 Å². The Morgan fingerprint density at radius 1 is 1.18 bits per heavy atom. The predicted molar refractivity (Wildman–Crippen MR) is 88.7 cm³/mol. The van der Waals surface area contributed by atoms with Crippen molar-refractivity contribution in [3.63, 3.8) is 0 Å². The lowest BCUT2D eigenvalue weighted by Crippen LogP contribution is -2.13. The number of benzene rings is 2. The zero-order valence-electron chi connectivity index (χ0n) is 12.2. The standard InChI is InChI=1S/C16H15N3O2S/c1-11-6-5-7-12(10-11)19-15(18-22-16(19)20)17-13-8-3-4-9-14(13)21-2/h3-10H,1-2H3,(H,17,18). The van der Waals surface area contributed by atoms with Crippen molar-refractivity contribution in [3.8, 4) is 11.4 Å². The molecule has 0 saturated carbocycles. The van der Waals surface area contributed by atoms with Gasteiger partial charge in [0.25, 0.3) is 0 Å². The number of nitrogens with one attached hydrogen (secondary N) is 1. The van der Waals surface area contributed by atoms with Crippen molar-refractivity contribution in [2.45, 2.75) is 6.92 Å². The molecule has 22 heavy (non-hydrogen) atoms. The summed E-state index contributed by atoms with van der Waals surface area (Å²) < 4.78 is 11.1. The molecule has 5 nitrogen and oxygen atoms in total. The van der Waals surface area contributed by atoms with E-state index in [9.17, 15) is 4.79 Å². The van der Waals surface area contributed by atoms with Gasteiger partial charge in [0.1, 0.15) is 5.75 Å². The number of aromatic nitrogens is 2. The van der Waals surface area contributed by atoms with E-state index in [1.54, 1.807) is 11.7 Å². The molecule has 1 aromatic heterocycles. The number of aryl methyl sites for hydroxylation is 1. The summed E-state index contributed by atoms with van der Waals surface area (Å²) in [7, 11) is 1.61. The first-order chi connectivity index (χ1) is 10.7. The van der Waals surface area contributed by atoms with E-state index in [0.717, 1.165) is 28.5 Å². The van der Waals surface area contributed by atoms with Crippen LogP contribution in [0.1, 0.15) is 5.56 Å². The van der Waals surface area contributed by atoms with E-state index in [-0.39, 0.29) is 4.87 Å². The molecule has 0 radical (unpaired) electrons. The molecule has 0 fully saturated rings. The third-order valence-corrected chi connectivity index (χ3v) is 3.82. The van der Waals surface area contributed by atoms with Gasteiger partial charge in [-0.1, -0.05) is 24.3 Å². The van der Waals surface area contributed by atoms with Gasteiger partial charge < -0.3 is 10.1 Å². The Morgan fingerprint density at radius 2 is 2.00 bits per heavy atom. The second-order valence-corrected chi connectivity index (χ2v) is 5.49. The van der Waals surface area contributed by atoms with Crippen LogP contribution in [0.2, 0.25) is 0 Å². The highest BCUT2D eigenvalue weighted by atomic mass is 32.1. The largest absolute Gasteiger partial charge is 0.495 e. The fourth-order valence-corrected chi connectivity index (χ4v) is 2.76. The molecule has 0 aliphatic carbocycles. The van der Waals surface area contributed by atoms with Crippen LogP contribution in [0, 0.1) is 6.92 Å². The molecule has 0 aliphatic rings. The molecular formula is C16H15N3O2S. The molecule has 0 aliphatic heterocycles. The van der Waals surface area contributed by atoms with E-state index in [1.165, 1.54) is 0 Å². The average Bonchev–Trinajstić information content (AvgIpc) is 2.88. The molecule has 3 rings (SSSR count). The van der Waals surface area contributed by atoms with Crippen LogP contribution in [0.4, 0.5) is 11.6 Å². The van der Waals surface area contributed by atoms with Gasteiger partial charge in [-0.25, -0.2) is 4.57 Å². The Balaban J connectivity index is 2.05. The molecule has 112 valence electrons. The number of nitrogens with zero attached hydrogens (tertiary/aromatic N) is 2. The van der Waals surface area contributed by atoms with Crippen LogP contribution in [0.5, 0.6) is 5.75 Å². The SMILES string of the molecule is COc1ccccc1Nc1nsc(=O)n1-c1cccc(C)c1. The topological polar surface area (TPSA) is 56.1 Å². The van der Waals surface area contributed by atoms with E-state index < -0.39 is 0 Å². The van der Waals surface area contributed by atoms with Gasteiger partial charge in [-0.2, -0.15) is 4.37 Å². The summed E-state index contributed by atoms with van der Waals surface area (Å²) in [5.41, 5.74) is 2.63. The van der Waals surface area contributed by atoms with Crippen LogP contribution < -0.4 is 14.9 Å². The van der Waals surface area contributed by atoms with E-state index in [1.807, 2.05) is 55.5 Å². The van der Waals surface area contributed by atoms with Gasteiger partial charge in [0.15, 0.2) is 0 Å². The highest BCUT2D eigenvalue weighted by Gasteiger charge is 2.12. The minimum atomic E-state index is -0.136. The van der Waals surface area contributed by atoms with Crippen LogP contribution in [-0.2, 0) is 0 Å². The second-order valence-electron chi connectivity index (χ2n) is 4.77. The molecule has 0 amide bonds. The zero-order valence-corrected chi connectivity index (χ0v) is 13.1. The monoisotopic (exact) mass is 313 g/mol. The molecule has 0 unspecified atom stereocenters. The molecular weight excluding hydrogens is 298 g/mol. The molecule has 0 atom stereocenters. The molecule has 1 heterocycles. The Hall–Kier alpha value is -2.60.